The number of pyridine rings is 1. The van der Waals surface area contributed by atoms with Crippen LogP contribution in [-0.2, 0) is 9.84 Å². The summed E-state index contributed by atoms with van der Waals surface area (Å²) >= 11 is 0. The van der Waals surface area contributed by atoms with Crippen molar-refractivity contribution in [2.24, 2.45) is 0 Å². The smallest absolute Gasteiger partial charge is 0.212 e. The molecule has 28 heavy (non-hydrogen) atoms. The predicted octanol–water partition coefficient (Wildman–Crippen LogP) is 4.25. The van der Waals surface area contributed by atoms with E-state index in [0.717, 1.165) is 16.7 Å². The highest BCUT2D eigenvalue weighted by Gasteiger charge is 2.19. The Morgan fingerprint density at radius 1 is 1.00 bits per heavy atom. The molecule has 3 aromatic heterocycles. The van der Waals surface area contributed by atoms with Gasteiger partial charge in [-0.25, -0.2) is 23.4 Å². The van der Waals surface area contributed by atoms with Crippen LogP contribution in [0.15, 0.2) is 59.9 Å². The summed E-state index contributed by atoms with van der Waals surface area (Å²) in [5.74, 6) is -0.549. The highest BCUT2D eigenvalue weighted by molar-refractivity contribution is 7.92. The number of H-pyrrole nitrogens is 1. The summed E-state index contributed by atoms with van der Waals surface area (Å²) in [6.07, 6.45) is 4.82. The van der Waals surface area contributed by atoms with Gasteiger partial charge in [0.2, 0.25) is 5.95 Å². The molecular formula is C20H19FN4O2S. The molecule has 0 aliphatic carbocycles. The van der Waals surface area contributed by atoms with E-state index < -0.39 is 21.0 Å². The molecule has 0 aliphatic heterocycles. The van der Waals surface area contributed by atoms with Crippen molar-refractivity contribution >= 4 is 21.0 Å². The second-order valence-electron chi connectivity index (χ2n) is 6.64. The van der Waals surface area contributed by atoms with Gasteiger partial charge >= 0.3 is 0 Å². The van der Waals surface area contributed by atoms with Crippen LogP contribution in [-0.4, -0.2) is 33.6 Å². The maximum absolute atomic E-state index is 13.1. The summed E-state index contributed by atoms with van der Waals surface area (Å²) in [4.78, 5) is 16.1. The summed E-state index contributed by atoms with van der Waals surface area (Å²) in [6, 6.07) is 9.52. The zero-order valence-corrected chi connectivity index (χ0v) is 16.0. The molecule has 0 spiro atoms. The molecule has 3 heterocycles. The normalized spacial score (nSPS) is 12.0. The molecular weight excluding hydrogens is 379 g/mol. The molecule has 4 aromatic rings. The molecule has 0 bridgehead atoms. The standard InChI is InChI=1S/C20H17FN4O2S.H2/c1-12(2)28(26,27)15-6-3-13(4-7-15)17-11-24-20-19(25-17)16(10-23-20)14-5-8-18(21)22-9-14;/h3-12H,1-2H3,(H,23,24);1H. The van der Waals surface area contributed by atoms with Crippen LogP contribution in [0.5, 0.6) is 0 Å². The van der Waals surface area contributed by atoms with Gasteiger partial charge in [0, 0.05) is 30.5 Å². The van der Waals surface area contributed by atoms with Gasteiger partial charge < -0.3 is 4.98 Å². The number of nitrogens with one attached hydrogen (secondary N) is 1. The number of aromatic nitrogens is 4. The highest BCUT2D eigenvalue weighted by atomic mass is 32.2. The summed E-state index contributed by atoms with van der Waals surface area (Å²) in [7, 11) is -3.33. The fourth-order valence-electron chi connectivity index (χ4n) is 2.87. The third kappa shape index (κ3) is 3.16. The molecule has 0 unspecified atom stereocenters. The van der Waals surface area contributed by atoms with Crippen molar-refractivity contribution in [2.45, 2.75) is 24.0 Å². The monoisotopic (exact) mass is 398 g/mol. The van der Waals surface area contributed by atoms with E-state index >= 15 is 0 Å². The van der Waals surface area contributed by atoms with E-state index in [9.17, 15) is 12.8 Å². The van der Waals surface area contributed by atoms with Crippen LogP contribution in [0.2, 0.25) is 0 Å². The Labute approximate surface area is 162 Å². The Morgan fingerprint density at radius 3 is 2.36 bits per heavy atom. The molecule has 0 fully saturated rings. The third-order valence-electron chi connectivity index (χ3n) is 4.52. The van der Waals surface area contributed by atoms with Crippen molar-refractivity contribution in [2.75, 3.05) is 0 Å². The minimum Gasteiger partial charge on any atom is -0.344 e. The topological polar surface area (TPSA) is 88.6 Å². The van der Waals surface area contributed by atoms with Gasteiger partial charge in [0.1, 0.15) is 5.52 Å². The van der Waals surface area contributed by atoms with Crippen LogP contribution in [0.25, 0.3) is 33.5 Å². The first-order chi connectivity index (χ1) is 13.4. The van der Waals surface area contributed by atoms with Gasteiger partial charge in [0.25, 0.3) is 0 Å². The molecule has 0 saturated carbocycles. The zero-order chi connectivity index (χ0) is 19.9. The van der Waals surface area contributed by atoms with Crippen LogP contribution in [0, 0.1) is 5.95 Å². The summed E-state index contributed by atoms with van der Waals surface area (Å²) in [5, 5.41) is -0.485. The minimum atomic E-state index is -3.33. The molecule has 4 rings (SSSR count). The van der Waals surface area contributed by atoms with E-state index in [0.29, 0.717) is 16.9 Å². The SMILES string of the molecule is CC(C)S(=O)(=O)c1ccc(-c2cnc3[nH]cc(-c4ccc(F)nc4)c3n2)cc1.[HH]. The van der Waals surface area contributed by atoms with Crippen molar-refractivity contribution in [3.63, 3.8) is 0 Å². The number of sulfone groups is 1. The van der Waals surface area contributed by atoms with Gasteiger partial charge in [-0.2, -0.15) is 4.39 Å². The third-order valence-corrected chi connectivity index (χ3v) is 6.69. The molecule has 6 nitrogen and oxygen atoms in total. The van der Waals surface area contributed by atoms with Crippen molar-refractivity contribution in [3.05, 3.63) is 60.9 Å². The number of nitrogens with zero attached hydrogens (tertiary/aromatic N) is 3. The number of hydrogen-bond acceptors (Lipinski definition) is 5. The van der Waals surface area contributed by atoms with E-state index in [1.807, 2.05) is 0 Å². The van der Waals surface area contributed by atoms with Gasteiger partial charge in [0.05, 0.1) is 22.0 Å². The van der Waals surface area contributed by atoms with Gasteiger partial charge in [-0.05, 0) is 38.1 Å². The van der Waals surface area contributed by atoms with E-state index in [2.05, 4.69) is 19.9 Å². The van der Waals surface area contributed by atoms with E-state index in [1.54, 1.807) is 56.6 Å². The molecule has 0 atom stereocenters. The number of aromatic amines is 1. The summed E-state index contributed by atoms with van der Waals surface area (Å²) in [5.41, 5.74) is 4.07. The maximum Gasteiger partial charge on any atom is 0.212 e. The molecule has 1 aromatic carbocycles. The molecule has 8 heteroatoms. The van der Waals surface area contributed by atoms with E-state index in [-0.39, 0.29) is 6.32 Å². The van der Waals surface area contributed by atoms with Gasteiger partial charge in [-0.3, -0.25) is 0 Å². The Bertz CT molecular complexity index is 1250. The second-order valence-corrected chi connectivity index (χ2v) is 9.15. The maximum atomic E-state index is 13.1. The van der Waals surface area contributed by atoms with Gasteiger partial charge in [-0.15, -0.1) is 0 Å². The molecule has 1 N–H and O–H groups in total. The lowest BCUT2D eigenvalue weighted by molar-refractivity contribution is 0.584. The van der Waals surface area contributed by atoms with Crippen LogP contribution in [0.1, 0.15) is 15.3 Å². The van der Waals surface area contributed by atoms with Crippen molar-refractivity contribution in [1.29, 1.82) is 0 Å². The highest BCUT2D eigenvalue weighted by Crippen LogP contribution is 2.28. The van der Waals surface area contributed by atoms with Crippen LogP contribution < -0.4 is 0 Å². The van der Waals surface area contributed by atoms with Crippen LogP contribution in [0.4, 0.5) is 4.39 Å². The Hall–Kier alpha value is -3.13. The molecule has 0 saturated heterocycles. The van der Waals surface area contributed by atoms with Crippen LogP contribution >= 0.6 is 0 Å². The fraction of sp³-hybridized carbons (Fsp3) is 0.150. The van der Waals surface area contributed by atoms with E-state index in [4.69, 9.17) is 0 Å². The number of fused-ring (bicyclic) bond motifs is 1. The fourth-order valence-corrected chi connectivity index (χ4v) is 3.93. The average Bonchev–Trinajstić information content (AvgIpc) is 3.12. The first kappa shape index (κ1) is 18.2. The van der Waals surface area contributed by atoms with Crippen molar-refractivity contribution in [1.82, 2.24) is 19.9 Å². The zero-order valence-electron chi connectivity index (χ0n) is 15.2. The second kappa shape index (κ2) is 6.79. The Kier molecular flexibility index (Phi) is 4.43. The lowest BCUT2D eigenvalue weighted by Crippen LogP contribution is -2.13. The number of benzene rings is 1. The molecule has 0 aliphatic rings. The first-order valence-electron chi connectivity index (χ1n) is 8.66. The number of rotatable bonds is 4. The van der Waals surface area contributed by atoms with Crippen molar-refractivity contribution < 1.29 is 14.2 Å². The minimum absolute atomic E-state index is 0. The molecule has 144 valence electrons. The molecule has 0 radical (unpaired) electrons. The predicted molar refractivity (Wildman–Crippen MR) is 107 cm³/mol. The van der Waals surface area contributed by atoms with Crippen LogP contribution in [0.3, 0.4) is 0 Å². The quantitative estimate of drug-likeness (QED) is 0.519. The van der Waals surface area contributed by atoms with E-state index in [1.165, 1.54) is 12.3 Å². The van der Waals surface area contributed by atoms with Gasteiger partial charge in [-0.1, -0.05) is 12.1 Å². The number of hydrogen-bond donors (Lipinski definition) is 1. The summed E-state index contributed by atoms with van der Waals surface area (Å²) < 4.78 is 37.7. The lowest BCUT2D eigenvalue weighted by atomic mass is 10.1. The van der Waals surface area contributed by atoms with Gasteiger partial charge in [0.15, 0.2) is 15.5 Å². The summed E-state index contributed by atoms with van der Waals surface area (Å²) in [6.45, 7) is 3.31. The Balaban J connectivity index is 0.00000240. The average molecular weight is 398 g/mol. The van der Waals surface area contributed by atoms with Crippen molar-refractivity contribution in [3.8, 4) is 22.4 Å². The number of halogens is 1. The first-order valence-corrected chi connectivity index (χ1v) is 10.2. The largest absolute Gasteiger partial charge is 0.344 e. The lowest BCUT2D eigenvalue weighted by Gasteiger charge is -2.08. The molecule has 0 amide bonds. The Morgan fingerprint density at radius 2 is 1.71 bits per heavy atom.